The molecule has 0 fully saturated rings. The predicted octanol–water partition coefficient (Wildman–Crippen LogP) is 3.85. The van der Waals surface area contributed by atoms with Crippen molar-refractivity contribution < 1.29 is 4.39 Å². The molecule has 1 rings (SSSR count). The third kappa shape index (κ3) is 2.47. The van der Waals surface area contributed by atoms with Crippen LogP contribution in [-0.4, -0.2) is 6.26 Å². The van der Waals surface area contributed by atoms with Crippen molar-refractivity contribution in [3.8, 4) is 0 Å². The van der Waals surface area contributed by atoms with Crippen LogP contribution in [0.15, 0.2) is 23.1 Å². The Morgan fingerprint density at radius 2 is 1.85 bits per heavy atom. The van der Waals surface area contributed by atoms with E-state index in [1.165, 1.54) is 17.3 Å². The van der Waals surface area contributed by atoms with Crippen LogP contribution < -0.4 is 0 Å². The monoisotopic (exact) mass is 198 g/mol. The molecule has 0 bridgehead atoms. The molecule has 0 aliphatic carbocycles. The fourth-order valence-corrected chi connectivity index (χ4v) is 1.63. The normalized spacial score (nSPS) is 11.8. The van der Waals surface area contributed by atoms with Crippen LogP contribution >= 0.6 is 11.8 Å². The minimum absolute atomic E-state index is 0.0954. The number of hydrogen-bond donors (Lipinski definition) is 0. The summed E-state index contributed by atoms with van der Waals surface area (Å²) in [7, 11) is 0. The molecule has 0 N–H and O–H groups in total. The SMILES string of the molecule is CSc1cc(C(C)(C)C)ccc1F. The molecule has 0 nitrogen and oxygen atoms in total. The fraction of sp³-hybridized carbons (Fsp3) is 0.455. The first kappa shape index (κ1) is 10.6. The maximum atomic E-state index is 13.1. The van der Waals surface area contributed by atoms with E-state index in [9.17, 15) is 4.39 Å². The summed E-state index contributed by atoms with van der Waals surface area (Å²) in [5, 5.41) is 0. The fourth-order valence-electron chi connectivity index (χ4n) is 1.13. The zero-order valence-corrected chi connectivity index (χ0v) is 9.33. The van der Waals surface area contributed by atoms with Crippen molar-refractivity contribution in [1.82, 2.24) is 0 Å². The lowest BCUT2D eigenvalue weighted by Gasteiger charge is -2.19. The molecular weight excluding hydrogens is 183 g/mol. The molecule has 13 heavy (non-hydrogen) atoms. The van der Waals surface area contributed by atoms with Crippen LogP contribution in [0.4, 0.5) is 4.39 Å². The van der Waals surface area contributed by atoms with Gasteiger partial charge in [0.1, 0.15) is 5.82 Å². The Labute approximate surface area is 83.5 Å². The minimum Gasteiger partial charge on any atom is -0.206 e. The van der Waals surface area contributed by atoms with E-state index in [2.05, 4.69) is 20.8 Å². The van der Waals surface area contributed by atoms with E-state index < -0.39 is 0 Å². The molecule has 0 saturated carbocycles. The van der Waals surface area contributed by atoms with Gasteiger partial charge in [-0.1, -0.05) is 26.8 Å². The molecule has 0 aromatic heterocycles. The van der Waals surface area contributed by atoms with Gasteiger partial charge in [-0.05, 0) is 29.4 Å². The molecule has 0 aliphatic rings. The van der Waals surface area contributed by atoms with E-state index in [0.717, 1.165) is 4.90 Å². The van der Waals surface area contributed by atoms with Gasteiger partial charge in [0.15, 0.2) is 0 Å². The quantitative estimate of drug-likeness (QED) is 0.618. The molecule has 0 amide bonds. The smallest absolute Gasteiger partial charge is 0.136 e. The van der Waals surface area contributed by atoms with Gasteiger partial charge in [0.2, 0.25) is 0 Å². The minimum atomic E-state index is -0.125. The summed E-state index contributed by atoms with van der Waals surface area (Å²) in [6.45, 7) is 6.39. The molecule has 0 aliphatic heterocycles. The Morgan fingerprint density at radius 3 is 2.31 bits per heavy atom. The molecule has 0 radical (unpaired) electrons. The number of hydrogen-bond acceptors (Lipinski definition) is 1. The zero-order valence-electron chi connectivity index (χ0n) is 8.52. The van der Waals surface area contributed by atoms with E-state index in [-0.39, 0.29) is 11.2 Å². The van der Waals surface area contributed by atoms with Crippen molar-refractivity contribution in [1.29, 1.82) is 0 Å². The van der Waals surface area contributed by atoms with E-state index in [1.54, 1.807) is 6.07 Å². The summed E-state index contributed by atoms with van der Waals surface area (Å²) in [4.78, 5) is 0.729. The summed E-state index contributed by atoms with van der Waals surface area (Å²) in [6, 6.07) is 5.33. The van der Waals surface area contributed by atoms with Gasteiger partial charge >= 0.3 is 0 Å². The molecule has 0 atom stereocenters. The summed E-state index contributed by atoms with van der Waals surface area (Å²) < 4.78 is 13.1. The van der Waals surface area contributed by atoms with Crippen LogP contribution in [0.25, 0.3) is 0 Å². The van der Waals surface area contributed by atoms with Crippen LogP contribution in [0.3, 0.4) is 0 Å². The third-order valence-electron chi connectivity index (χ3n) is 2.02. The van der Waals surface area contributed by atoms with Crippen LogP contribution in [0.5, 0.6) is 0 Å². The average Bonchev–Trinajstić information content (AvgIpc) is 2.03. The van der Waals surface area contributed by atoms with Crippen molar-refractivity contribution in [2.75, 3.05) is 6.26 Å². The van der Waals surface area contributed by atoms with Crippen LogP contribution in [0.2, 0.25) is 0 Å². The summed E-state index contributed by atoms with van der Waals surface area (Å²) >= 11 is 1.45. The summed E-state index contributed by atoms with van der Waals surface area (Å²) in [5.41, 5.74) is 1.27. The van der Waals surface area contributed by atoms with E-state index in [0.29, 0.717) is 0 Å². The van der Waals surface area contributed by atoms with Crippen molar-refractivity contribution >= 4 is 11.8 Å². The molecule has 1 aromatic rings. The number of thioether (sulfide) groups is 1. The maximum Gasteiger partial charge on any atom is 0.136 e. The van der Waals surface area contributed by atoms with Gasteiger partial charge < -0.3 is 0 Å². The molecule has 0 saturated heterocycles. The molecule has 2 heteroatoms. The standard InChI is InChI=1S/C11H15FS/c1-11(2,3)8-5-6-9(12)10(7-8)13-4/h5-7H,1-4H3. The van der Waals surface area contributed by atoms with E-state index >= 15 is 0 Å². The van der Waals surface area contributed by atoms with Gasteiger partial charge in [0, 0.05) is 4.90 Å². The second-order valence-electron chi connectivity index (χ2n) is 4.10. The summed E-state index contributed by atoms with van der Waals surface area (Å²) in [5.74, 6) is -0.125. The number of halogens is 1. The van der Waals surface area contributed by atoms with Crippen molar-refractivity contribution in [3.63, 3.8) is 0 Å². The Balaban J connectivity index is 3.14. The molecule has 0 unspecified atom stereocenters. The Bertz CT molecular complexity index is 299. The number of rotatable bonds is 1. The third-order valence-corrected chi connectivity index (χ3v) is 2.77. The average molecular weight is 198 g/mol. The van der Waals surface area contributed by atoms with Crippen LogP contribution in [-0.2, 0) is 5.41 Å². The van der Waals surface area contributed by atoms with Gasteiger partial charge in [0.25, 0.3) is 0 Å². The highest BCUT2D eigenvalue weighted by Gasteiger charge is 2.14. The summed E-state index contributed by atoms with van der Waals surface area (Å²) in [6.07, 6.45) is 1.89. The highest BCUT2D eigenvalue weighted by atomic mass is 32.2. The van der Waals surface area contributed by atoms with Crippen LogP contribution in [0, 0.1) is 5.82 Å². The van der Waals surface area contributed by atoms with Gasteiger partial charge in [0.05, 0.1) is 0 Å². The lowest BCUT2D eigenvalue weighted by molar-refractivity contribution is 0.571. The molecule has 0 spiro atoms. The Morgan fingerprint density at radius 1 is 1.23 bits per heavy atom. The Kier molecular flexibility index (Phi) is 3.01. The lowest BCUT2D eigenvalue weighted by atomic mass is 9.87. The van der Waals surface area contributed by atoms with Gasteiger partial charge in [-0.2, -0.15) is 0 Å². The molecule has 1 aromatic carbocycles. The second kappa shape index (κ2) is 3.70. The van der Waals surface area contributed by atoms with E-state index in [1.807, 2.05) is 18.4 Å². The zero-order chi connectivity index (χ0) is 10.1. The van der Waals surface area contributed by atoms with Gasteiger partial charge in [-0.25, -0.2) is 4.39 Å². The highest BCUT2D eigenvalue weighted by molar-refractivity contribution is 7.98. The van der Waals surface area contributed by atoms with Crippen molar-refractivity contribution in [3.05, 3.63) is 29.6 Å². The largest absolute Gasteiger partial charge is 0.206 e. The Hall–Kier alpha value is -0.500. The van der Waals surface area contributed by atoms with Gasteiger partial charge in [-0.15, -0.1) is 11.8 Å². The second-order valence-corrected chi connectivity index (χ2v) is 4.95. The molecular formula is C11H15FS. The predicted molar refractivity (Wildman–Crippen MR) is 56.9 cm³/mol. The van der Waals surface area contributed by atoms with E-state index in [4.69, 9.17) is 0 Å². The first-order chi connectivity index (χ1) is 5.95. The van der Waals surface area contributed by atoms with Gasteiger partial charge in [-0.3, -0.25) is 0 Å². The van der Waals surface area contributed by atoms with Crippen LogP contribution in [0.1, 0.15) is 26.3 Å². The topological polar surface area (TPSA) is 0 Å². The lowest BCUT2D eigenvalue weighted by Crippen LogP contribution is -2.11. The molecule has 72 valence electrons. The molecule has 0 heterocycles. The first-order valence-corrected chi connectivity index (χ1v) is 5.51. The van der Waals surface area contributed by atoms with Crippen molar-refractivity contribution in [2.45, 2.75) is 31.1 Å². The highest BCUT2D eigenvalue weighted by Crippen LogP contribution is 2.27. The number of benzene rings is 1. The first-order valence-electron chi connectivity index (χ1n) is 4.29. The van der Waals surface area contributed by atoms with Crippen molar-refractivity contribution in [2.24, 2.45) is 0 Å². The maximum absolute atomic E-state index is 13.1.